The summed E-state index contributed by atoms with van der Waals surface area (Å²) in [6.45, 7) is 2.88. The first kappa shape index (κ1) is 21.9. The van der Waals surface area contributed by atoms with Crippen LogP contribution in [0.4, 0.5) is 5.69 Å². The van der Waals surface area contributed by atoms with Gasteiger partial charge >= 0.3 is 0 Å². The predicted octanol–water partition coefficient (Wildman–Crippen LogP) is 4.90. The molecule has 2 aromatic rings. The average molecular weight is 455 g/mol. The van der Waals surface area contributed by atoms with E-state index in [1.807, 2.05) is 6.92 Å². The summed E-state index contributed by atoms with van der Waals surface area (Å²) >= 11 is 12.2. The first-order chi connectivity index (χ1) is 13.8. The second kappa shape index (κ2) is 9.37. The van der Waals surface area contributed by atoms with Crippen molar-refractivity contribution in [2.45, 2.75) is 37.5 Å². The molecule has 0 bridgehead atoms. The molecule has 29 heavy (non-hydrogen) atoms. The van der Waals surface area contributed by atoms with E-state index in [1.54, 1.807) is 29.2 Å². The number of carbonyl (C=O) groups excluding carboxylic acids is 1. The SMILES string of the molecule is Cc1ccc(S(=O)(=O)N(CC(=O)N2CCCCCC2)c2cc(Cl)cc(Cl)c2)cc1. The molecule has 1 fully saturated rings. The summed E-state index contributed by atoms with van der Waals surface area (Å²) < 4.78 is 27.9. The summed E-state index contributed by atoms with van der Waals surface area (Å²) in [5, 5.41) is 0.609. The first-order valence-corrected chi connectivity index (χ1v) is 11.8. The van der Waals surface area contributed by atoms with Crippen LogP contribution < -0.4 is 4.31 Å². The molecule has 1 amide bonds. The highest BCUT2D eigenvalue weighted by molar-refractivity contribution is 7.92. The first-order valence-electron chi connectivity index (χ1n) is 9.60. The molecule has 156 valence electrons. The fraction of sp³-hybridized carbons (Fsp3) is 0.381. The van der Waals surface area contributed by atoms with Crippen molar-refractivity contribution in [1.82, 2.24) is 4.90 Å². The summed E-state index contributed by atoms with van der Waals surface area (Å²) in [6.07, 6.45) is 4.02. The number of nitrogens with zero attached hydrogens (tertiary/aromatic N) is 2. The van der Waals surface area contributed by atoms with E-state index in [4.69, 9.17) is 23.2 Å². The number of rotatable bonds is 5. The fourth-order valence-electron chi connectivity index (χ4n) is 3.38. The van der Waals surface area contributed by atoms with Crippen molar-refractivity contribution < 1.29 is 13.2 Å². The average Bonchev–Trinajstić information content (AvgIpc) is 2.95. The fourth-order valence-corrected chi connectivity index (χ4v) is 5.29. The van der Waals surface area contributed by atoms with Crippen molar-refractivity contribution in [1.29, 1.82) is 0 Å². The minimum Gasteiger partial charge on any atom is -0.341 e. The molecule has 1 heterocycles. The Kier molecular flexibility index (Phi) is 7.09. The van der Waals surface area contributed by atoms with Crippen molar-refractivity contribution in [3.8, 4) is 0 Å². The highest BCUT2D eigenvalue weighted by Crippen LogP contribution is 2.30. The second-order valence-corrected chi connectivity index (χ2v) is 9.98. The molecule has 0 unspecified atom stereocenters. The number of sulfonamides is 1. The topological polar surface area (TPSA) is 57.7 Å². The zero-order chi connectivity index (χ0) is 21.0. The van der Waals surface area contributed by atoms with Gasteiger partial charge in [-0.3, -0.25) is 9.10 Å². The Morgan fingerprint density at radius 3 is 2.07 bits per heavy atom. The van der Waals surface area contributed by atoms with Crippen LogP contribution >= 0.6 is 23.2 Å². The Hall–Kier alpha value is -1.76. The molecule has 1 aliphatic heterocycles. The van der Waals surface area contributed by atoms with Crippen LogP contribution in [-0.4, -0.2) is 38.9 Å². The van der Waals surface area contributed by atoms with E-state index in [0.717, 1.165) is 35.6 Å². The molecule has 0 aliphatic carbocycles. The molecule has 0 radical (unpaired) electrons. The summed E-state index contributed by atoms with van der Waals surface area (Å²) in [4.78, 5) is 14.9. The minimum atomic E-state index is -3.98. The summed E-state index contributed by atoms with van der Waals surface area (Å²) in [7, 11) is -3.98. The Morgan fingerprint density at radius 1 is 0.966 bits per heavy atom. The summed E-state index contributed by atoms with van der Waals surface area (Å²) in [5.41, 5.74) is 1.22. The monoisotopic (exact) mass is 454 g/mol. The number of likely N-dealkylation sites (tertiary alicyclic amines) is 1. The number of hydrogen-bond acceptors (Lipinski definition) is 3. The normalized spacial score (nSPS) is 15.1. The lowest BCUT2D eigenvalue weighted by atomic mass is 10.2. The van der Waals surface area contributed by atoms with E-state index in [2.05, 4.69) is 0 Å². The van der Waals surface area contributed by atoms with Crippen molar-refractivity contribution >= 4 is 44.8 Å². The summed E-state index contributed by atoms with van der Waals surface area (Å²) in [5.74, 6) is -0.223. The van der Waals surface area contributed by atoms with Crippen LogP contribution in [0, 0.1) is 6.92 Å². The Morgan fingerprint density at radius 2 is 1.52 bits per heavy atom. The Bertz CT molecular complexity index is 950. The molecule has 0 spiro atoms. The smallest absolute Gasteiger partial charge is 0.264 e. The molecule has 3 rings (SSSR count). The van der Waals surface area contributed by atoms with Crippen LogP contribution in [0.5, 0.6) is 0 Å². The Balaban J connectivity index is 1.99. The molecule has 0 aromatic heterocycles. The number of benzene rings is 2. The molecule has 1 aliphatic rings. The molecular weight excluding hydrogens is 431 g/mol. The number of hydrogen-bond donors (Lipinski definition) is 0. The van der Waals surface area contributed by atoms with E-state index < -0.39 is 10.0 Å². The maximum atomic E-state index is 13.4. The second-order valence-electron chi connectivity index (χ2n) is 7.25. The molecule has 0 atom stereocenters. The van der Waals surface area contributed by atoms with Crippen LogP contribution in [0.1, 0.15) is 31.2 Å². The molecular formula is C21H24Cl2N2O3S. The number of amides is 1. The van der Waals surface area contributed by atoms with Gasteiger partial charge < -0.3 is 4.90 Å². The zero-order valence-electron chi connectivity index (χ0n) is 16.3. The van der Waals surface area contributed by atoms with Gasteiger partial charge in [0.2, 0.25) is 5.91 Å². The van der Waals surface area contributed by atoms with Crippen molar-refractivity contribution in [3.05, 3.63) is 58.1 Å². The van der Waals surface area contributed by atoms with Crippen LogP contribution in [0.25, 0.3) is 0 Å². The molecule has 0 N–H and O–H groups in total. The number of anilines is 1. The van der Waals surface area contributed by atoms with Gasteiger partial charge in [-0.1, -0.05) is 53.7 Å². The van der Waals surface area contributed by atoms with Gasteiger partial charge in [-0.25, -0.2) is 8.42 Å². The molecule has 5 nitrogen and oxygen atoms in total. The maximum absolute atomic E-state index is 13.4. The third-order valence-electron chi connectivity index (χ3n) is 4.98. The van der Waals surface area contributed by atoms with E-state index >= 15 is 0 Å². The van der Waals surface area contributed by atoms with Crippen LogP contribution in [0.2, 0.25) is 10.0 Å². The van der Waals surface area contributed by atoms with E-state index in [-0.39, 0.29) is 23.0 Å². The molecule has 2 aromatic carbocycles. The maximum Gasteiger partial charge on any atom is 0.264 e. The van der Waals surface area contributed by atoms with Crippen LogP contribution in [0.15, 0.2) is 47.4 Å². The molecule has 1 saturated heterocycles. The van der Waals surface area contributed by atoms with Crippen molar-refractivity contribution in [3.63, 3.8) is 0 Å². The van der Waals surface area contributed by atoms with Gasteiger partial charge in [0.1, 0.15) is 6.54 Å². The number of carbonyl (C=O) groups is 1. The van der Waals surface area contributed by atoms with E-state index in [0.29, 0.717) is 23.1 Å². The molecule has 8 heteroatoms. The van der Waals surface area contributed by atoms with Gasteiger partial charge in [-0.15, -0.1) is 0 Å². The highest BCUT2D eigenvalue weighted by atomic mass is 35.5. The van der Waals surface area contributed by atoms with Gasteiger partial charge in [0.25, 0.3) is 10.0 Å². The zero-order valence-corrected chi connectivity index (χ0v) is 18.6. The van der Waals surface area contributed by atoms with E-state index in [9.17, 15) is 13.2 Å². The van der Waals surface area contributed by atoms with Gasteiger partial charge in [0.15, 0.2) is 0 Å². The largest absolute Gasteiger partial charge is 0.341 e. The van der Waals surface area contributed by atoms with Gasteiger partial charge in [0, 0.05) is 23.1 Å². The quantitative estimate of drug-likeness (QED) is 0.645. The van der Waals surface area contributed by atoms with Crippen LogP contribution in [-0.2, 0) is 14.8 Å². The van der Waals surface area contributed by atoms with Crippen molar-refractivity contribution in [2.75, 3.05) is 23.9 Å². The molecule has 0 saturated carbocycles. The third kappa shape index (κ3) is 5.44. The number of halogens is 2. The van der Waals surface area contributed by atoms with Gasteiger partial charge in [0.05, 0.1) is 10.6 Å². The van der Waals surface area contributed by atoms with Crippen molar-refractivity contribution in [2.24, 2.45) is 0 Å². The highest BCUT2D eigenvalue weighted by Gasteiger charge is 2.29. The van der Waals surface area contributed by atoms with Gasteiger partial charge in [-0.2, -0.15) is 0 Å². The summed E-state index contributed by atoms with van der Waals surface area (Å²) in [6, 6.07) is 11.1. The Labute approximate surface area is 182 Å². The lowest BCUT2D eigenvalue weighted by Gasteiger charge is -2.28. The van der Waals surface area contributed by atoms with E-state index in [1.165, 1.54) is 18.2 Å². The lowest BCUT2D eigenvalue weighted by Crippen LogP contribution is -2.43. The minimum absolute atomic E-state index is 0.114. The standard InChI is InChI=1S/C21H24Cl2N2O3S/c1-16-6-8-20(9-7-16)29(27,28)25(19-13-17(22)12-18(23)14-19)15-21(26)24-10-4-2-3-5-11-24/h6-9,12-14H,2-5,10-11,15H2,1H3. The predicted molar refractivity (Wildman–Crippen MR) is 117 cm³/mol. The van der Waals surface area contributed by atoms with Gasteiger partial charge in [-0.05, 0) is 50.1 Å². The lowest BCUT2D eigenvalue weighted by molar-refractivity contribution is -0.129. The number of aryl methyl sites for hydroxylation is 1. The van der Waals surface area contributed by atoms with Crippen LogP contribution in [0.3, 0.4) is 0 Å². The third-order valence-corrected chi connectivity index (χ3v) is 7.21.